The maximum Gasteiger partial charge on any atom is 0.191 e. The topological polar surface area (TPSA) is 65.3 Å². The Morgan fingerprint density at radius 2 is 1.93 bits per heavy atom. The molecule has 2 unspecified atom stereocenters. The maximum atomic E-state index is 5.77. The first kappa shape index (κ1) is 22.1. The molecule has 7 nitrogen and oxygen atoms in total. The second-order valence-corrected chi connectivity index (χ2v) is 8.25. The number of likely N-dealkylation sites (tertiary alicyclic amines) is 1. The second kappa shape index (κ2) is 12.2. The van der Waals surface area contributed by atoms with Gasteiger partial charge in [-0.2, -0.15) is 0 Å². The molecule has 0 bridgehead atoms. The zero-order valence-corrected chi connectivity index (χ0v) is 18.2. The van der Waals surface area contributed by atoms with E-state index in [1.54, 1.807) is 6.26 Å². The molecule has 164 valence electrons. The minimum Gasteiger partial charge on any atom is -0.468 e. The molecular weight excluding hydrogens is 366 g/mol. The molecule has 2 N–H and O–H groups in total. The van der Waals surface area contributed by atoms with E-state index in [0.717, 1.165) is 77.3 Å². The summed E-state index contributed by atoms with van der Waals surface area (Å²) < 4.78 is 11.2. The van der Waals surface area contributed by atoms with Crippen molar-refractivity contribution in [1.82, 2.24) is 20.4 Å². The summed E-state index contributed by atoms with van der Waals surface area (Å²) in [7, 11) is 0. The van der Waals surface area contributed by atoms with E-state index in [1.807, 2.05) is 6.07 Å². The van der Waals surface area contributed by atoms with Gasteiger partial charge in [-0.15, -0.1) is 0 Å². The average molecular weight is 406 g/mol. The molecular formula is C22H39N5O2. The van der Waals surface area contributed by atoms with E-state index < -0.39 is 0 Å². The number of guanidine groups is 1. The van der Waals surface area contributed by atoms with Gasteiger partial charge in [-0.3, -0.25) is 14.8 Å². The van der Waals surface area contributed by atoms with E-state index in [4.69, 9.17) is 14.1 Å². The molecule has 0 spiro atoms. The van der Waals surface area contributed by atoms with Gasteiger partial charge in [0.05, 0.1) is 25.5 Å². The van der Waals surface area contributed by atoms with Gasteiger partial charge in [-0.05, 0) is 50.9 Å². The molecule has 29 heavy (non-hydrogen) atoms. The van der Waals surface area contributed by atoms with E-state index in [1.165, 1.54) is 19.3 Å². The Morgan fingerprint density at radius 3 is 2.62 bits per heavy atom. The highest BCUT2D eigenvalue weighted by atomic mass is 16.5. The van der Waals surface area contributed by atoms with Gasteiger partial charge in [0.1, 0.15) is 5.76 Å². The van der Waals surface area contributed by atoms with Crippen molar-refractivity contribution in [3.8, 4) is 0 Å². The van der Waals surface area contributed by atoms with Crippen LogP contribution < -0.4 is 10.6 Å². The average Bonchev–Trinajstić information content (AvgIpc) is 3.28. The fourth-order valence-electron chi connectivity index (χ4n) is 4.19. The van der Waals surface area contributed by atoms with E-state index >= 15 is 0 Å². The molecule has 2 atom stereocenters. The van der Waals surface area contributed by atoms with Crippen LogP contribution in [0, 0.1) is 5.92 Å². The Morgan fingerprint density at radius 1 is 1.14 bits per heavy atom. The van der Waals surface area contributed by atoms with Gasteiger partial charge in [-0.1, -0.05) is 13.3 Å². The Hall–Kier alpha value is -1.57. The molecule has 0 amide bonds. The third kappa shape index (κ3) is 7.32. The van der Waals surface area contributed by atoms with E-state index in [2.05, 4.69) is 40.3 Å². The highest BCUT2D eigenvalue weighted by Gasteiger charge is 2.24. The van der Waals surface area contributed by atoms with Crippen molar-refractivity contribution in [2.24, 2.45) is 10.9 Å². The van der Waals surface area contributed by atoms with Gasteiger partial charge in [0.15, 0.2) is 5.96 Å². The summed E-state index contributed by atoms with van der Waals surface area (Å²) in [5.41, 5.74) is 0. The molecule has 7 heteroatoms. The second-order valence-electron chi connectivity index (χ2n) is 8.25. The van der Waals surface area contributed by atoms with Crippen molar-refractivity contribution in [2.45, 2.75) is 39.2 Å². The number of morpholine rings is 1. The SMILES string of the molecule is CCNC(=NCC(C)CN1CCOCC1)NCC(c1ccco1)N1CCCCC1. The lowest BCUT2D eigenvalue weighted by atomic mass is 10.1. The van der Waals surface area contributed by atoms with Crippen LogP contribution in [0.2, 0.25) is 0 Å². The molecule has 1 aromatic rings. The normalized spacial score (nSPS) is 21.7. The van der Waals surface area contributed by atoms with E-state index in [-0.39, 0.29) is 6.04 Å². The van der Waals surface area contributed by atoms with Gasteiger partial charge in [0.2, 0.25) is 0 Å². The van der Waals surface area contributed by atoms with Crippen LogP contribution in [0.5, 0.6) is 0 Å². The highest BCUT2D eigenvalue weighted by Crippen LogP contribution is 2.24. The molecule has 0 radical (unpaired) electrons. The van der Waals surface area contributed by atoms with Crippen molar-refractivity contribution in [3.63, 3.8) is 0 Å². The third-order valence-electron chi connectivity index (χ3n) is 5.74. The van der Waals surface area contributed by atoms with Crippen LogP contribution >= 0.6 is 0 Å². The van der Waals surface area contributed by atoms with Crippen molar-refractivity contribution in [2.75, 3.05) is 65.6 Å². The number of nitrogens with one attached hydrogen (secondary N) is 2. The summed E-state index contributed by atoms with van der Waals surface area (Å²) in [6.45, 7) is 14.0. The third-order valence-corrected chi connectivity index (χ3v) is 5.74. The predicted octanol–water partition coefficient (Wildman–Crippen LogP) is 2.33. The number of hydrogen-bond acceptors (Lipinski definition) is 5. The van der Waals surface area contributed by atoms with Gasteiger partial charge >= 0.3 is 0 Å². The van der Waals surface area contributed by atoms with Gasteiger partial charge in [-0.25, -0.2) is 0 Å². The molecule has 3 heterocycles. The molecule has 0 aromatic carbocycles. The quantitative estimate of drug-likeness (QED) is 0.486. The van der Waals surface area contributed by atoms with Crippen LogP contribution in [-0.4, -0.2) is 81.3 Å². The molecule has 2 aliphatic rings. The van der Waals surface area contributed by atoms with E-state index in [0.29, 0.717) is 5.92 Å². The number of aliphatic imine (C=N–C) groups is 1. The Balaban J connectivity index is 1.53. The van der Waals surface area contributed by atoms with Gasteiger partial charge < -0.3 is 19.8 Å². The molecule has 0 aliphatic carbocycles. The zero-order valence-electron chi connectivity index (χ0n) is 18.2. The van der Waals surface area contributed by atoms with Crippen LogP contribution in [0.4, 0.5) is 0 Å². The molecule has 2 saturated heterocycles. The first-order valence-electron chi connectivity index (χ1n) is 11.4. The first-order chi connectivity index (χ1) is 14.3. The lowest BCUT2D eigenvalue weighted by Crippen LogP contribution is -2.44. The van der Waals surface area contributed by atoms with Crippen molar-refractivity contribution < 1.29 is 9.15 Å². The Kier molecular flexibility index (Phi) is 9.31. The fraction of sp³-hybridized carbons (Fsp3) is 0.773. The van der Waals surface area contributed by atoms with Crippen LogP contribution in [-0.2, 0) is 4.74 Å². The predicted molar refractivity (Wildman–Crippen MR) is 117 cm³/mol. The zero-order chi connectivity index (χ0) is 20.3. The lowest BCUT2D eigenvalue weighted by molar-refractivity contribution is 0.0323. The summed E-state index contributed by atoms with van der Waals surface area (Å²) in [5.74, 6) is 2.46. The van der Waals surface area contributed by atoms with Crippen LogP contribution in [0.1, 0.15) is 44.9 Å². The highest BCUT2D eigenvalue weighted by molar-refractivity contribution is 5.79. The van der Waals surface area contributed by atoms with Gasteiger partial charge in [0, 0.05) is 39.3 Å². The van der Waals surface area contributed by atoms with Crippen LogP contribution in [0.15, 0.2) is 27.8 Å². The lowest BCUT2D eigenvalue weighted by Gasteiger charge is -2.33. The summed E-state index contributed by atoms with van der Waals surface area (Å²) >= 11 is 0. The monoisotopic (exact) mass is 405 g/mol. The van der Waals surface area contributed by atoms with Crippen LogP contribution in [0.3, 0.4) is 0 Å². The standard InChI is InChI=1S/C22H39N5O2/c1-3-23-22(24-16-19(2)18-26-11-14-28-15-12-26)25-17-20(21-8-7-13-29-21)27-9-5-4-6-10-27/h7-8,13,19-20H,3-6,9-12,14-18H2,1-2H3,(H2,23,24,25). The maximum absolute atomic E-state index is 5.77. The van der Waals surface area contributed by atoms with Crippen LogP contribution in [0.25, 0.3) is 0 Å². The smallest absolute Gasteiger partial charge is 0.191 e. The van der Waals surface area contributed by atoms with Crippen molar-refractivity contribution in [1.29, 1.82) is 0 Å². The Labute approximate surface area is 175 Å². The summed E-state index contributed by atoms with van der Waals surface area (Å²) in [6.07, 6.45) is 5.65. The minimum absolute atomic E-state index is 0.250. The summed E-state index contributed by atoms with van der Waals surface area (Å²) in [5, 5.41) is 6.97. The van der Waals surface area contributed by atoms with Crippen molar-refractivity contribution >= 4 is 5.96 Å². The number of rotatable bonds is 9. The number of nitrogens with zero attached hydrogens (tertiary/aromatic N) is 3. The molecule has 3 rings (SSSR count). The van der Waals surface area contributed by atoms with Crippen molar-refractivity contribution in [3.05, 3.63) is 24.2 Å². The largest absolute Gasteiger partial charge is 0.468 e. The molecule has 1 aromatic heterocycles. The molecule has 0 saturated carbocycles. The first-order valence-corrected chi connectivity index (χ1v) is 11.4. The fourth-order valence-corrected chi connectivity index (χ4v) is 4.19. The summed E-state index contributed by atoms with van der Waals surface area (Å²) in [6, 6.07) is 4.33. The Bertz CT molecular complexity index is 580. The minimum atomic E-state index is 0.250. The number of hydrogen-bond donors (Lipinski definition) is 2. The van der Waals surface area contributed by atoms with Gasteiger partial charge in [0.25, 0.3) is 0 Å². The number of ether oxygens (including phenoxy) is 1. The number of piperidine rings is 1. The summed E-state index contributed by atoms with van der Waals surface area (Å²) in [4.78, 5) is 9.89. The molecule has 2 aliphatic heterocycles. The number of furan rings is 1. The van der Waals surface area contributed by atoms with E-state index in [9.17, 15) is 0 Å². The molecule has 2 fully saturated rings.